The molecule has 138 valence electrons. The molecule has 1 heterocycles. The summed E-state index contributed by atoms with van der Waals surface area (Å²) < 4.78 is 27.3. The molecule has 0 bridgehead atoms. The van der Waals surface area contributed by atoms with Gasteiger partial charge in [0.05, 0.1) is 11.7 Å². The molecule has 1 aliphatic heterocycles. The summed E-state index contributed by atoms with van der Waals surface area (Å²) in [6.45, 7) is 2.25. The molecule has 0 radical (unpaired) electrons. The molecule has 0 aromatic carbocycles. The number of carbonyl (C=O) groups is 2. The summed E-state index contributed by atoms with van der Waals surface area (Å²) in [5.74, 6) is -1.12. The zero-order valence-corrected chi connectivity index (χ0v) is 15.1. The molecule has 2 rings (SSSR count). The maximum Gasteiger partial charge on any atom is 0.306 e. The number of carboxylic acids is 1. The summed E-state index contributed by atoms with van der Waals surface area (Å²) in [5.41, 5.74) is 0. The Kier molecular flexibility index (Phi) is 6.62. The smallest absolute Gasteiger partial charge is 0.306 e. The lowest BCUT2D eigenvalue weighted by Crippen LogP contribution is -2.45. The number of carbonyl (C=O) groups excluding carboxylic acids is 1. The van der Waals surface area contributed by atoms with Crippen LogP contribution in [-0.2, 0) is 19.6 Å². The Bertz CT molecular complexity index is 555. The molecule has 8 heteroatoms. The number of likely N-dealkylation sites (tertiary alicyclic amines) is 1. The van der Waals surface area contributed by atoms with Gasteiger partial charge in [0.25, 0.3) is 0 Å². The number of rotatable bonds is 6. The minimum atomic E-state index is -3.40. The largest absolute Gasteiger partial charge is 0.481 e. The predicted octanol–water partition coefficient (Wildman–Crippen LogP) is 1.34. The molecule has 7 nitrogen and oxygen atoms in total. The van der Waals surface area contributed by atoms with Gasteiger partial charge in [-0.1, -0.05) is 0 Å². The highest BCUT2D eigenvalue weighted by Gasteiger charge is 2.30. The second-order valence-corrected chi connectivity index (χ2v) is 8.85. The molecule has 1 unspecified atom stereocenters. The summed E-state index contributed by atoms with van der Waals surface area (Å²) in [6, 6.07) is -0.156. The van der Waals surface area contributed by atoms with Crippen molar-refractivity contribution in [2.75, 3.05) is 12.3 Å². The fourth-order valence-corrected chi connectivity index (χ4v) is 5.22. The Morgan fingerprint density at radius 3 is 2.38 bits per heavy atom. The van der Waals surface area contributed by atoms with E-state index >= 15 is 0 Å². The summed E-state index contributed by atoms with van der Waals surface area (Å²) in [5, 5.41) is 8.98. The van der Waals surface area contributed by atoms with Gasteiger partial charge in [-0.2, -0.15) is 0 Å². The van der Waals surface area contributed by atoms with Crippen LogP contribution in [0.25, 0.3) is 0 Å². The van der Waals surface area contributed by atoms with Gasteiger partial charge in [-0.25, -0.2) is 13.1 Å². The quantitative estimate of drug-likeness (QED) is 0.744. The summed E-state index contributed by atoms with van der Waals surface area (Å²) in [6.07, 6.45) is 5.50. The van der Waals surface area contributed by atoms with Gasteiger partial charge in [-0.05, 0) is 51.4 Å². The summed E-state index contributed by atoms with van der Waals surface area (Å²) in [7, 11) is -3.40. The fraction of sp³-hybridized carbons (Fsp3) is 0.875. The molecular weight excluding hydrogens is 332 g/mol. The van der Waals surface area contributed by atoms with Gasteiger partial charge in [0, 0.05) is 25.6 Å². The third kappa shape index (κ3) is 5.44. The van der Waals surface area contributed by atoms with Gasteiger partial charge in [0.1, 0.15) is 0 Å². The van der Waals surface area contributed by atoms with Crippen molar-refractivity contribution in [1.29, 1.82) is 0 Å². The second kappa shape index (κ2) is 8.29. The van der Waals surface area contributed by atoms with Crippen LogP contribution in [-0.4, -0.2) is 54.7 Å². The highest BCUT2D eigenvalue weighted by atomic mass is 32.2. The SMILES string of the molecule is CC(=O)N1CCCCC1CCS(=O)(=O)NC1CCC(C(=O)O)CC1. The van der Waals surface area contributed by atoms with E-state index in [-0.39, 0.29) is 29.7 Å². The summed E-state index contributed by atoms with van der Waals surface area (Å²) in [4.78, 5) is 24.4. The second-order valence-electron chi connectivity index (χ2n) is 6.97. The highest BCUT2D eigenvalue weighted by Crippen LogP contribution is 2.25. The fourth-order valence-electron chi connectivity index (χ4n) is 3.78. The first-order valence-electron chi connectivity index (χ1n) is 8.78. The van der Waals surface area contributed by atoms with E-state index in [0.29, 0.717) is 38.6 Å². The first-order valence-corrected chi connectivity index (χ1v) is 10.4. The van der Waals surface area contributed by atoms with Crippen molar-refractivity contribution in [2.45, 2.75) is 70.4 Å². The van der Waals surface area contributed by atoms with Crippen molar-refractivity contribution in [1.82, 2.24) is 9.62 Å². The van der Waals surface area contributed by atoms with E-state index in [1.165, 1.54) is 6.92 Å². The van der Waals surface area contributed by atoms with Crippen molar-refractivity contribution in [2.24, 2.45) is 5.92 Å². The van der Waals surface area contributed by atoms with Crippen molar-refractivity contribution >= 4 is 21.9 Å². The number of amides is 1. The van der Waals surface area contributed by atoms with Crippen LogP contribution in [0.3, 0.4) is 0 Å². The monoisotopic (exact) mass is 360 g/mol. The molecule has 24 heavy (non-hydrogen) atoms. The number of hydrogen-bond donors (Lipinski definition) is 2. The Morgan fingerprint density at radius 2 is 1.79 bits per heavy atom. The molecule has 0 aromatic rings. The molecule has 1 saturated heterocycles. The average molecular weight is 360 g/mol. The van der Waals surface area contributed by atoms with Crippen LogP contribution in [0, 0.1) is 5.92 Å². The number of sulfonamides is 1. The number of nitrogens with zero attached hydrogens (tertiary/aromatic N) is 1. The Morgan fingerprint density at radius 1 is 1.12 bits per heavy atom. The van der Waals surface area contributed by atoms with E-state index in [4.69, 9.17) is 5.11 Å². The minimum absolute atomic E-state index is 0.00979. The lowest BCUT2D eigenvalue weighted by atomic mass is 9.87. The molecule has 1 amide bonds. The zero-order chi connectivity index (χ0) is 17.7. The van der Waals surface area contributed by atoms with Gasteiger partial charge in [0.2, 0.25) is 15.9 Å². The number of aliphatic carboxylic acids is 1. The van der Waals surface area contributed by atoms with Crippen LogP contribution in [0.15, 0.2) is 0 Å². The average Bonchev–Trinajstić information content (AvgIpc) is 2.53. The normalized spacial score (nSPS) is 28.5. The Labute approximate surface area is 143 Å². The van der Waals surface area contributed by atoms with Crippen LogP contribution in [0.2, 0.25) is 0 Å². The van der Waals surface area contributed by atoms with Crippen molar-refractivity contribution in [3.63, 3.8) is 0 Å². The first kappa shape index (κ1) is 19.2. The van der Waals surface area contributed by atoms with E-state index < -0.39 is 16.0 Å². The standard InChI is InChI=1S/C16H28N2O5S/c1-12(19)18-10-3-2-4-15(18)9-11-24(22,23)17-14-7-5-13(6-8-14)16(20)21/h13-15,17H,2-11H2,1H3,(H,20,21). The third-order valence-electron chi connectivity index (χ3n) is 5.17. The van der Waals surface area contributed by atoms with Gasteiger partial charge in [-0.3, -0.25) is 9.59 Å². The maximum absolute atomic E-state index is 12.3. The van der Waals surface area contributed by atoms with Crippen molar-refractivity contribution in [3.05, 3.63) is 0 Å². The summed E-state index contributed by atoms with van der Waals surface area (Å²) >= 11 is 0. The number of piperidine rings is 1. The van der Waals surface area contributed by atoms with Crippen LogP contribution >= 0.6 is 0 Å². The van der Waals surface area contributed by atoms with E-state index in [9.17, 15) is 18.0 Å². The topological polar surface area (TPSA) is 104 Å². The van der Waals surface area contributed by atoms with Crippen LogP contribution in [0.5, 0.6) is 0 Å². The van der Waals surface area contributed by atoms with Gasteiger partial charge < -0.3 is 10.0 Å². The molecule has 0 spiro atoms. The van der Waals surface area contributed by atoms with E-state index in [1.54, 1.807) is 4.90 Å². The number of carboxylic acid groups (broad SMARTS) is 1. The van der Waals surface area contributed by atoms with Crippen molar-refractivity contribution < 1.29 is 23.1 Å². The lowest BCUT2D eigenvalue weighted by molar-refractivity contribution is -0.142. The molecular formula is C16H28N2O5S. The molecule has 2 aliphatic rings. The van der Waals surface area contributed by atoms with E-state index in [1.807, 2.05) is 0 Å². The number of nitrogens with one attached hydrogen (secondary N) is 1. The minimum Gasteiger partial charge on any atom is -0.481 e. The molecule has 1 aliphatic carbocycles. The van der Waals surface area contributed by atoms with Crippen LogP contribution in [0.4, 0.5) is 0 Å². The van der Waals surface area contributed by atoms with Crippen LogP contribution in [0.1, 0.15) is 58.3 Å². The van der Waals surface area contributed by atoms with Crippen LogP contribution < -0.4 is 4.72 Å². The van der Waals surface area contributed by atoms with E-state index in [2.05, 4.69) is 4.72 Å². The molecule has 1 atom stereocenters. The Hall–Kier alpha value is -1.15. The lowest BCUT2D eigenvalue weighted by Gasteiger charge is -2.35. The number of hydrogen-bond acceptors (Lipinski definition) is 4. The van der Waals surface area contributed by atoms with Gasteiger partial charge in [-0.15, -0.1) is 0 Å². The maximum atomic E-state index is 12.3. The predicted molar refractivity (Wildman–Crippen MR) is 89.9 cm³/mol. The molecule has 2 N–H and O–H groups in total. The highest BCUT2D eigenvalue weighted by molar-refractivity contribution is 7.89. The Balaban J connectivity index is 1.81. The molecule has 1 saturated carbocycles. The van der Waals surface area contributed by atoms with Gasteiger partial charge in [0.15, 0.2) is 0 Å². The molecule has 0 aromatic heterocycles. The third-order valence-corrected chi connectivity index (χ3v) is 6.64. The first-order chi connectivity index (χ1) is 11.3. The zero-order valence-electron chi connectivity index (χ0n) is 14.2. The van der Waals surface area contributed by atoms with Crippen molar-refractivity contribution in [3.8, 4) is 0 Å². The molecule has 2 fully saturated rings. The van der Waals surface area contributed by atoms with Gasteiger partial charge >= 0.3 is 5.97 Å². The van der Waals surface area contributed by atoms with E-state index in [0.717, 1.165) is 19.3 Å².